The molecule has 2 aromatic heterocycles. The number of H-pyrrole nitrogens is 1. The highest BCUT2D eigenvalue weighted by Gasteiger charge is 2.12. The van der Waals surface area contributed by atoms with Gasteiger partial charge in [0.25, 0.3) is 0 Å². The van der Waals surface area contributed by atoms with E-state index in [1.807, 2.05) is 11.3 Å². The van der Waals surface area contributed by atoms with Crippen LogP contribution in [0.15, 0.2) is 18.2 Å². The van der Waals surface area contributed by atoms with Crippen molar-refractivity contribution in [2.45, 2.75) is 39.7 Å². The van der Waals surface area contributed by atoms with Crippen LogP contribution in [0.25, 0.3) is 10.6 Å². The quantitative estimate of drug-likeness (QED) is 0.865. The Labute approximate surface area is 106 Å². The van der Waals surface area contributed by atoms with Crippen LogP contribution in [-0.2, 0) is 6.42 Å². The van der Waals surface area contributed by atoms with E-state index in [-0.39, 0.29) is 5.54 Å². The van der Waals surface area contributed by atoms with Crippen molar-refractivity contribution in [2.75, 3.05) is 5.32 Å². The van der Waals surface area contributed by atoms with E-state index in [9.17, 15) is 0 Å². The number of aryl methyl sites for hydroxylation is 1. The molecule has 2 heterocycles. The van der Waals surface area contributed by atoms with Gasteiger partial charge in [-0.2, -0.15) is 5.10 Å². The third kappa shape index (κ3) is 3.09. The molecule has 0 radical (unpaired) electrons. The summed E-state index contributed by atoms with van der Waals surface area (Å²) in [7, 11) is 0. The molecule has 0 spiro atoms. The minimum atomic E-state index is 0.0382. The lowest BCUT2D eigenvalue weighted by Crippen LogP contribution is -2.26. The van der Waals surface area contributed by atoms with Crippen molar-refractivity contribution < 1.29 is 0 Å². The van der Waals surface area contributed by atoms with Crippen LogP contribution in [0.2, 0.25) is 0 Å². The van der Waals surface area contributed by atoms with Gasteiger partial charge in [0.1, 0.15) is 5.82 Å². The van der Waals surface area contributed by atoms with E-state index in [1.165, 1.54) is 9.75 Å². The van der Waals surface area contributed by atoms with Gasteiger partial charge in [0, 0.05) is 16.5 Å². The van der Waals surface area contributed by atoms with E-state index in [0.29, 0.717) is 0 Å². The zero-order valence-electron chi connectivity index (χ0n) is 10.8. The summed E-state index contributed by atoms with van der Waals surface area (Å²) in [6.45, 7) is 8.56. The smallest absolute Gasteiger partial charge is 0.148 e. The molecule has 4 heteroatoms. The minimum absolute atomic E-state index is 0.0382. The Balaban J connectivity index is 2.18. The fraction of sp³-hybridized carbons (Fsp3) is 0.462. The first-order valence-corrected chi connectivity index (χ1v) is 6.72. The summed E-state index contributed by atoms with van der Waals surface area (Å²) in [5, 5.41) is 10.7. The summed E-state index contributed by atoms with van der Waals surface area (Å²) < 4.78 is 0. The Morgan fingerprint density at radius 2 is 2.12 bits per heavy atom. The molecule has 0 saturated heterocycles. The van der Waals surface area contributed by atoms with E-state index >= 15 is 0 Å². The van der Waals surface area contributed by atoms with Gasteiger partial charge < -0.3 is 5.32 Å². The summed E-state index contributed by atoms with van der Waals surface area (Å²) in [6.07, 6.45) is 1.09. The highest BCUT2D eigenvalue weighted by Crippen LogP contribution is 2.28. The average Bonchev–Trinajstić information content (AvgIpc) is 2.82. The van der Waals surface area contributed by atoms with E-state index in [0.717, 1.165) is 17.9 Å². The fourth-order valence-electron chi connectivity index (χ4n) is 1.61. The maximum Gasteiger partial charge on any atom is 0.148 e. The van der Waals surface area contributed by atoms with Crippen molar-refractivity contribution in [2.24, 2.45) is 0 Å². The number of anilines is 1. The summed E-state index contributed by atoms with van der Waals surface area (Å²) in [5.74, 6) is 0.902. The lowest BCUT2D eigenvalue weighted by molar-refractivity contribution is 0.630. The first-order chi connectivity index (χ1) is 7.98. The normalized spacial score (nSPS) is 11.8. The van der Waals surface area contributed by atoms with Crippen LogP contribution in [0.4, 0.5) is 5.82 Å². The Kier molecular flexibility index (Phi) is 3.24. The molecule has 3 nitrogen and oxygen atoms in total. The van der Waals surface area contributed by atoms with Gasteiger partial charge in [-0.05, 0) is 39.3 Å². The topological polar surface area (TPSA) is 40.7 Å². The SMILES string of the molecule is CCc1ccc(-c2cc(NC(C)(C)C)n[nH]2)s1. The Bertz CT molecular complexity index is 491. The predicted molar refractivity (Wildman–Crippen MR) is 74.7 cm³/mol. The van der Waals surface area contributed by atoms with Crippen molar-refractivity contribution in [1.29, 1.82) is 0 Å². The van der Waals surface area contributed by atoms with E-state index < -0.39 is 0 Å². The molecule has 92 valence electrons. The molecule has 0 unspecified atom stereocenters. The molecule has 0 atom stereocenters. The van der Waals surface area contributed by atoms with Gasteiger partial charge in [-0.1, -0.05) is 6.92 Å². The van der Waals surface area contributed by atoms with Crippen molar-refractivity contribution in [3.63, 3.8) is 0 Å². The van der Waals surface area contributed by atoms with Gasteiger partial charge in [-0.25, -0.2) is 0 Å². The molecule has 0 aromatic carbocycles. The largest absolute Gasteiger partial charge is 0.364 e. The number of thiophene rings is 1. The Morgan fingerprint density at radius 1 is 1.35 bits per heavy atom. The van der Waals surface area contributed by atoms with Gasteiger partial charge in [0.05, 0.1) is 10.6 Å². The molecule has 0 bridgehead atoms. The summed E-state index contributed by atoms with van der Waals surface area (Å²) in [5.41, 5.74) is 1.12. The number of aromatic nitrogens is 2. The number of nitrogens with zero attached hydrogens (tertiary/aromatic N) is 1. The third-order valence-electron chi connectivity index (χ3n) is 2.36. The van der Waals surface area contributed by atoms with Gasteiger partial charge in [-0.3, -0.25) is 5.10 Å². The molecular weight excluding hydrogens is 230 g/mol. The summed E-state index contributed by atoms with van der Waals surface area (Å²) in [6, 6.07) is 6.39. The van der Waals surface area contributed by atoms with Crippen LogP contribution in [0, 0.1) is 0 Å². The maximum atomic E-state index is 4.28. The van der Waals surface area contributed by atoms with Gasteiger partial charge >= 0.3 is 0 Å². The monoisotopic (exact) mass is 249 g/mol. The van der Waals surface area contributed by atoms with E-state index in [2.05, 4.69) is 61.4 Å². The van der Waals surface area contributed by atoms with Crippen LogP contribution >= 0.6 is 11.3 Å². The molecule has 0 aliphatic rings. The zero-order chi connectivity index (χ0) is 12.5. The molecular formula is C13H19N3S. The molecule has 0 saturated carbocycles. The fourth-order valence-corrected chi connectivity index (χ4v) is 2.52. The Morgan fingerprint density at radius 3 is 2.71 bits per heavy atom. The average molecular weight is 249 g/mol. The second-order valence-electron chi connectivity index (χ2n) is 5.16. The predicted octanol–water partition coefficient (Wildman–Crippen LogP) is 3.91. The van der Waals surface area contributed by atoms with Crippen LogP contribution in [0.3, 0.4) is 0 Å². The number of aromatic amines is 1. The lowest BCUT2D eigenvalue weighted by atomic mass is 10.1. The highest BCUT2D eigenvalue weighted by atomic mass is 32.1. The number of rotatable bonds is 3. The molecule has 2 rings (SSSR count). The van der Waals surface area contributed by atoms with Gasteiger partial charge in [-0.15, -0.1) is 11.3 Å². The number of hydrogen-bond acceptors (Lipinski definition) is 3. The molecule has 0 fully saturated rings. The van der Waals surface area contributed by atoms with E-state index in [1.54, 1.807) is 0 Å². The zero-order valence-corrected chi connectivity index (χ0v) is 11.6. The van der Waals surface area contributed by atoms with Crippen LogP contribution in [0.1, 0.15) is 32.6 Å². The van der Waals surface area contributed by atoms with Crippen molar-refractivity contribution in [3.05, 3.63) is 23.1 Å². The van der Waals surface area contributed by atoms with Crippen LogP contribution in [0.5, 0.6) is 0 Å². The molecule has 2 aromatic rings. The van der Waals surface area contributed by atoms with Crippen molar-refractivity contribution in [1.82, 2.24) is 10.2 Å². The number of hydrogen-bond donors (Lipinski definition) is 2. The van der Waals surface area contributed by atoms with Gasteiger partial charge in [0.2, 0.25) is 0 Å². The number of nitrogens with one attached hydrogen (secondary N) is 2. The van der Waals surface area contributed by atoms with Gasteiger partial charge in [0.15, 0.2) is 0 Å². The molecule has 0 aliphatic heterocycles. The standard InChI is InChI=1S/C13H19N3S/c1-5-9-6-7-11(17-9)10-8-12(16-15-10)14-13(2,3)4/h6-8H,5H2,1-4H3,(H2,14,15,16). The molecule has 17 heavy (non-hydrogen) atoms. The van der Waals surface area contributed by atoms with E-state index in [4.69, 9.17) is 0 Å². The highest BCUT2D eigenvalue weighted by molar-refractivity contribution is 7.15. The van der Waals surface area contributed by atoms with Crippen LogP contribution in [-0.4, -0.2) is 15.7 Å². The molecule has 0 amide bonds. The summed E-state index contributed by atoms with van der Waals surface area (Å²) >= 11 is 1.82. The summed E-state index contributed by atoms with van der Waals surface area (Å²) in [4.78, 5) is 2.65. The second-order valence-corrected chi connectivity index (χ2v) is 6.33. The minimum Gasteiger partial charge on any atom is -0.364 e. The Hall–Kier alpha value is -1.29. The molecule has 2 N–H and O–H groups in total. The maximum absolute atomic E-state index is 4.28. The molecule has 0 aliphatic carbocycles. The third-order valence-corrected chi connectivity index (χ3v) is 3.62. The first-order valence-electron chi connectivity index (χ1n) is 5.90. The lowest BCUT2D eigenvalue weighted by Gasteiger charge is -2.19. The van der Waals surface area contributed by atoms with Crippen LogP contribution < -0.4 is 5.32 Å². The first kappa shape index (κ1) is 12.2. The van der Waals surface area contributed by atoms with Crippen molar-refractivity contribution in [3.8, 4) is 10.6 Å². The second kappa shape index (κ2) is 4.53. The van der Waals surface area contributed by atoms with Crippen molar-refractivity contribution >= 4 is 17.2 Å².